The minimum absolute atomic E-state index is 0.143. The Hall–Kier alpha value is -6.96. The number of rotatable bonds is 6. The molecule has 58 heavy (non-hydrogen) atoms. The number of anilines is 3. The maximum Gasteiger partial charge on any atom is 0.0540 e. The van der Waals surface area contributed by atoms with Gasteiger partial charge in [0.05, 0.1) is 11.4 Å². The van der Waals surface area contributed by atoms with Crippen LogP contribution in [0.25, 0.3) is 55.3 Å². The van der Waals surface area contributed by atoms with Gasteiger partial charge in [0.1, 0.15) is 0 Å². The van der Waals surface area contributed by atoms with Crippen LogP contribution < -0.4 is 4.90 Å². The SMILES string of the molecule is CC1(C)c2ccccc2-c2cccc(-c3ccccc3N(c3ccc(-c4ccc5c(c4)C(C)(c4ccccc4)c4ccccc4-5)cc3)c3cccc4ccccc34)c21. The highest BCUT2D eigenvalue weighted by Crippen LogP contribution is 2.55. The van der Waals surface area contributed by atoms with Gasteiger partial charge in [-0.15, -0.1) is 0 Å². The summed E-state index contributed by atoms with van der Waals surface area (Å²) in [6, 6.07) is 76.4. The van der Waals surface area contributed by atoms with E-state index in [-0.39, 0.29) is 10.8 Å². The van der Waals surface area contributed by atoms with Crippen LogP contribution in [0.4, 0.5) is 17.1 Å². The summed E-state index contributed by atoms with van der Waals surface area (Å²) in [6.07, 6.45) is 0. The molecular weight excluding hydrogens is 699 g/mol. The fourth-order valence-electron chi connectivity index (χ4n) is 10.3. The third kappa shape index (κ3) is 5.03. The Morgan fingerprint density at radius 2 is 0.897 bits per heavy atom. The third-order valence-corrected chi connectivity index (χ3v) is 13.1. The maximum atomic E-state index is 2.47. The molecular formula is C57H43N. The van der Waals surface area contributed by atoms with Gasteiger partial charge in [-0.3, -0.25) is 0 Å². The standard InChI is InChI=1S/C57H43N/c1-56(2)50-27-12-9-23-45(50)48-25-16-26-49(55(48)56)47-24-11-14-29-54(47)58(53-30-15-18-39-17-7-8-21-43(39)53)42-34-31-38(32-35-42)40-33-36-46-44-22-10-13-28-51(44)57(3,52(46)37-40)41-19-5-4-6-20-41/h4-37H,1-3H3. The first-order chi connectivity index (χ1) is 28.4. The zero-order valence-corrected chi connectivity index (χ0v) is 33.1. The molecule has 0 spiro atoms. The maximum absolute atomic E-state index is 2.47. The van der Waals surface area contributed by atoms with E-state index in [2.05, 4.69) is 232 Å². The van der Waals surface area contributed by atoms with Gasteiger partial charge in [-0.05, 0) is 109 Å². The van der Waals surface area contributed by atoms with Crippen molar-refractivity contribution >= 4 is 27.8 Å². The first-order valence-electron chi connectivity index (χ1n) is 20.4. The van der Waals surface area contributed by atoms with E-state index in [9.17, 15) is 0 Å². The summed E-state index contributed by atoms with van der Waals surface area (Å²) >= 11 is 0. The number of fused-ring (bicyclic) bond motifs is 7. The molecule has 0 N–H and O–H groups in total. The van der Waals surface area contributed by atoms with Crippen LogP contribution in [0.3, 0.4) is 0 Å². The van der Waals surface area contributed by atoms with E-state index < -0.39 is 0 Å². The van der Waals surface area contributed by atoms with E-state index in [1.54, 1.807) is 0 Å². The Bertz CT molecular complexity index is 3040. The van der Waals surface area contributed by atoms with Crippen LogP contribution in [-0.2, 0) is 10.8 Å². The minimum atomic E-state index is -0.244. The van der Waals surface area contributed by atoms with Crippen molar-refractivity contribution in [1.29, 1.82) is 0 Å². The number of hydrogen-bond acceptors (Lipinski definition) is 1. The summed E-state index contributed by atoms with van der Waals surface area (Å²) in [5.74, 6) is 0. The van der Waals surface area contributed by atoms with Gasteiger partial charge in [0.15, 0.2) is 0 Å². The van der Waals surface area contributed by atoms with Crippen molar-refractivity contribution in [2.45, 2.75) is 31.6 Å². The first-order valence-corrected chi connectivity index (χ1v) is 20.4. The van der Waals surface area contributed by atoms with Crippen LogP contribution in [0.2, 0.25) is 0 Å². The highest BCUT2D eigenvalue weighted by molar-refractivity contribution is 6.02. The van der Waals surface area contributed by atoms with Crippen LogP contribution in [0, 0.1) is 0 Å². The van der Waals surface area contributed by atoms with E-state index in [1.807, 2.05) is 0 Å². The van der Waals surface area contributed by atoms with Crippen LogP contribution in [-0.4, -0.2) is 0 Å². The summed E-state index contributed by atoms with van der Waals surface area (Å²) < 4.78 is 0. The lowest BCUT2D eigenvalue weighted by Crippen LogP contribution is -2.22. The molecule has 0 aromatic heterocycles. The second kappa shape index (κ2) is 13.0. The van der Waals surface area contributed by atoms with Gasteiger partial charge in [-0.25, -0.2) is 0 Å². The molecule has 0 saturated heterocycles. The fraction of sp³-hybridized carbons (Fsp3) is 0.0877. The summed E-state index contributed by atoms with van der Waals surface area (Å²) in [5.41, 5.74) is 20.1. The largest absolute Gasteiger partial charge is 0.309 e. The summed E-state index contributed by atoms with van der Waals surface area (Å²) in [5, 5.41) is 2.44. The Kier molecular flexibility index (Phi) is 7.72. The second-order valence-electron chi connectivity index (χ2n) is 16.6. The van der Waals surface area contributed by atoms with Crippen molar-refractivity contribution in [1.82, 2.24) is 0 Å². The molecule has 276 valence electrons. The molecule has 11 rings (SSSR count). The Balaban J connectivity index is 1.07. The zero-order valence-electron chi connectivity index (χ0n) is 33.1. The predicted octanol–water partition coefficient (Wildman–Crippen LogP) is 15.3. The van der Waals surface area contributed by atoms with Crippen molar-refractivity contribution in [3.8, 4) is 44.5 Å². The molecule has 2 aliphatic carbocycles. The average molecular weight is 742 g/mol. The first kappa shape index (κ1) is 34.3. The quantitative estimate of drug-likeness (QED) is 0.164. The molecule has 2 aliphatic rings. The molecule has 0 fully saturated rings. The normalized spacial score (nSPS) is 15.7. The molecule has 0 heterocycles. The van der Waals surface area contributed by atoms with Crippen LogP contribution in [0.1, 0.15) is 48.6 Å². The highest BCUT2D eigenvalue weighted by atomic mass is 15.1. The molecule has 0 aliphatic heterocycles. The number of para-hydroxylation sites is 1. The average Bonchev–Trinajstić information content (AvgIpc) is 3.68. The number of hydrogen-bond donors (Lipinski definition) is 0. The molecule has 0 radical (unpaired) electrons. The number of nitrogens with zero attached hydrogens (tertiary/aromatic N) is 1. The van der Waals surface area contributed by atoms with Gasteiger partial charge < -0.3 is 4.90 Å². The van der Waals surface area contributed by atoms with Crippen molar-refractivity contribution in [3.05, 3.63) is 234 Å². The van der Waals surface area contributed by atoms with Crippen molar-refractivity contribution in [2.75, 3.05) is 4.90 Å². The molecule has 1 heteroatoms. The molecule has 1 unspecified atom stereocenters. The third-order valence-electron chi connectivity index (χ3n) is 13.1. The zero-order chi connectivity index (χ0) is 39.0. The molecule has 9 aromatic carbocycles. The lowest BCUT2D eigenvalue weighted by Gasteiger charge is -2.31. The van der Waals surface area contributed by atoms with Crippen molar-refractivity contribution < 1.29 is 0 Å². The van der Waals surface area contributed by atoms with E-state index >= 15 is 0 Å². The molecule has 0 amide bonds. The van der Waals surface area contributed by atoms with Gasteiger partial charge in [0.25, 0.3) is 0 Å². The van der Waals surface area contributed by atoms with Crippen molar-refractivity contribution in [2.24, 2.45) is 0 Å². The smallest absolute Gasteiger partial charge is 0.0540 e. The van der Waals surface area contributed by atoms with E-state index in [0.717, 1.165) is 17.1 Å². The lowest BCUT2D eigenvalue weighted by molar-refractivity contribution is 0.662. The van der Waals surface area contributed by atoms with Gasteiger partial charge >= 0.3 is 0 Å². The fourth-order valence-corrected chi connectivity index (χ4v) is 10.3. The summed E-state index contributed by atoms with van der Waals surface area (Å²) in [6.45, 7) is 7.15. The number of benzene rings is 9. The predicted molar refractivity (Wildman–Crippen MR) is 245 cm³/mol. The second-order valence-corrected chi connectivity index (χ2v) is 16.6. The highest BCUT2D eigenvalue weighted by Gasteiger charge is 2.41. The van der Waals surface area contributed by atoms with Crippen LogP contribution in [0.5, 0.6) is 0 Å². The van der Waals surface area contributed by atoms with Crippen LogP contribution >= 0.6 is 0 Å². The van der Waals surface area contributed by atoms with E-state index in [1.165, 1.54) is 83.1 Å². The Labute approximate surface area is 341 Å². The van der Waals surface area contributed by atoms with E-state index in [4.69, 9.17) is 0 Å². The molecule has 1 nitrogen and oxygen atoms in total. The molecule has 0 saturated carbocycles. The Morgan fingerprint density at radius 3 is 1.69 bits per heavy atom. The monoisotopic (exact) mass is 741 g/mol. The van der Waals surface area contributed by atoms with Gasteiger partial charge in [0, 0.05) is 27.5 Å². The van der Waals surface area contributed by atoms with E-state index in [0.29, 0.717) is 0 Å². The van der Waals surface area contributed by atoms with Gasteiger partial charge in [-0.2, -0.15) is 0 Å². The summed E-state index contributed by atoms with van der Waals surface area (Å²) in [7, 11) is 0. The van der Waals surface area contributed by atoms with Gasteiger partial charge in [-0.1, -0.05) is 190 Å². The van der Waals surface area contributed by atoms with Crippen LogP contribution in [0.15, 0.2) is 206 Å². The summed E-state index contributed by atoms with van der Waals surface area (Å²) in [4.78, 5) is 2.47. The minimum Gasteiger partial charge on any atom is -0.309 e. The molecule has 1 atom stereocenters. The van der Waals surface area contributed by atoms with Gasteiger partial charge in [0.2, 0.25) is 0 Å². The lowest BCUT2D eigenvalue weighted by atomic mass is 9.74. The Morgan fingerprint density at radius 1 is 0.362 bits per heavy atom. The topological polar surface area (TPSA) is 3.24 Å². The molecule has 0 bridgehead atoms. The molecule has 9 aromatic rings. The van der Waals surface area contributed by atoms with Crippen molar-refractivity contribution in [3.63, 3.8) is 0 Å².